The van der Waals surface area contributed by atoms with E-state index in [-0.39, 0.29) is 11.3 Å². The quantitative estimate of drug-likeness (QED) is 0.656. The monoisotopic (exact) mass is 298 g/mol. The zero-order valence-electron chi connectivity index (χ0n) is 10.5. The molecule has 0 spiro atoms. The number of nitrogens with one attached hydrogen (secondary N) is 1. The molecular formula is C14H10F4N2O. The summed E-state index contributed by atoms with van der Waals surface area (Å²) in [5.74, 6) is -2.04. The molecule has 2 aromatic carbocycles. The fourth-order valence-electron chi connectivity index (χ4n) is 1.70. The van der Waals surface area contributed by atoms with Crippen molar-refractivity contribution in [2.45, 2.75) is 6.18 Å². The van der Waals surface area contributed by atoms with E-state index < -0.39 is 23.5 Å². The fourth-order valence-corrected chi connectivity index (χ4v) is 1.70. The summed E-state index contributed by atoms with van der Waals surface area (Å²) in [5.41, 5.74) is 4.45. The molecule has 1 amide bonds. The lowest BCUT2D eigenvalue weighted by atomic mass is 10.1. The van der Waals surface area contributed by atoms with E-state index in [1.54, 1.807) is 6.07 Å². The molecule has 0 aromatic heterocycles. The molecule has 0 saturated carbocycles. The highest BCUT2D eigenvalue weighted by atomic mass is 19.4. The molecule has 0 aliphatic rings. The minimum atomic E-state index is -4.83. The van der Waals surface area contributed by atoms with Crippen molar-refractivity contribution in [3.63, 3.8) is 0 Å². The summed E-state index contributed by atoms with van der Waals surface area (Å²) in [6, 6.07) is 8.18. The highest BCUT2D eigenvalue weighted by molar-refractivity contribution is 6.04. The van der Waals surface area contributed by atoms with Crippen molar-refractivity contribution >= 4 is 17.3 Å². The van der Waals surface area contributed by atoms with Gasteiger partial charge in [0.2, 0.25) is 0 Å². The summed E-state index contributed by atoms with van der Waals surface area (Å²) in [4.78, 5) is 11.9. The maximum atomic E-state index is 13.1. The van der Waals surface area contributed by atoms with Crippen LogP contribution in [0.5, 0.6) is 0 Å². The van der Waals surface area contributed by atoms with Gasteiger partial charge in [0.05, 0.1) is 5.56 Å². The number of anilines is 2. The van der Waals surface area contributed by atoms with Gasteiger partial charge in [-0.25, -0.2) is 4.39 Å². The van der Waals surface area contributed by atoms with Gasteiger partial charge in [-0.15, -0.1) is 0 Å². The molecular weight excluding hydrogens is 288 g/mol. The van der Waals surface area contributed by atoms with Crippen molar-refractivity contribution < 1.29 is 22.4 Å². The summed E-state index contributed by atoms with van der Waals surface area (Å²) < 4.78 is 50.8. The van der Waals surface area contributed by atoms with E-state index in [9.17, 15) is 22.4 Å². The Balaban J connectivity index is 2.26. The van der Waals surface area contributed by atoms with Crippen molar-refractivity contribution in [2.24, 2.45) is 0 Å². The Labute approximate surface area is 117 Å². The molecule has 2 aromatic rings. The van der Waals surface area contributed by atoms with Gasteiger partial charge in [0.25, 0.3) is 5.91 Å². The van der Waals surface area contributed by atoms with Crippen LogP contribution in [0.25, 0.3) is 0 Å². The minimum Gasteiger partial charge on any atom is -0.399 e. The lowest BCUT2D eigenvalue weighted by Gasteiger charge is -2.11. The first-order valence-corrected chi connectivity index (χ1v) is 5.81. The zero-order valence-corrected chi connectivity index (χ0v) is 10.5. The first-order valence-electron chi connectivity index (χ1n) is 5.81. The lowest BCUT2D eigenvalue weighted by molar-refractivity contribution is -0.139. The maximum absolute atomic E-state index is 13.1. The Hall–Kier alpha value is -2.57. The van der Waals surface area contributed by atoms with Crippen LogP contribution in [0.3, 0.4) is 0 Å². The maximum Gasteiger partial charge on any atom is 0.419 e. The van der Waals surface area contributed by atoms with Crippen molar-refractivity contribution in [3.05, 3.63) is 59.4 Å². The highest BCUT2D eigenvalue weighted by Gasteiger charge is 2.34. The Kier molecular flexibility index (Phi) is 3.84. The largest absolute Gasteiger partial charge is 0.419 e. The summed E-state index contributed by atoms with van der Waals surface area (Å²) in [7, 11) is 0. The highest BCUT2D eigenvalue weighted by Crippen LogP contribution is 2.33. The Bertz CT molecular complexity index is 683. The van der Waals surface area contributed by atoms with E-state index >= 15 is 0 Å². The number of rotatable bonds is 2. The number of amides is 1. The lowest BCUT2D eigenvalue weighted by Crippen LogP contribution is -2.14. The van der Waals surface area contributed by atoms with Crippen LogP contribution in [-0.2, 0) is 6.18 Å². The molecule has 7 heteroatoms. The second kappa shape index (κ2) is 5.43. The fraction of sp³-hybridized carbons (Fsp3) is 0.0714. The normalized spacial score (nSPS) is 11.2. The average Bonchev–Trinajstić information content (AvgIpc) is 2.39. The smallest absolute Gasteiger partial charge is 0.399 e. The number of benzene rings is 2. The predicted molar refractivity (Wildman–Crippen MR) is 70.2 cm³/mol. The molecule has 0 radical (unpaired) electrons. The van der Waals surface area contributed by atoms with Crippen molar-refractivity contribution in [1.29, 1.82) is 0 Å². The summed E-state index contributed by atoms with van der Waals surface area (Å²) in [5, 5.41) is 2.26. The number of hydrogen-bond donors (Lipinski definition) is 2. The Morgan fingerprint density at radius 2 is 1.81 bits per heavy atom. The molecule has 110 valence electrons. The summed E-state index contributed by atoms with van der Waals surface area (Å²) >= 11 is 0. The average molecular weight is 298 g/mol. The van der Waals surface area contributed by atoms with Gasteiger partial charge in [0.1, 0.15) is 5.82 Å². The topological polar surface area (TPSA) is 55.1 Å². The number of nitrogen functional groups attached to an aromatic ring is 1. The van der Waals surface area contributed by atoms with Crippen LogP contribution in [-0.4, -0.2) is 5.91 Å². The summed E-state index contributed by atoms with van der Waals surface area (Å²) in [6.07, 6.45) is -4.83. The van der Waals surface area contributed by atoms with Gasteiger partial charge < -0.3 is 11.1 Å². The number of hydrogen-bond acceptors (Lipinski definition) is 2. The molecule has 3 nitrogen and oxygen atoms in total. The molecule has 0 aliphatic heterocycles. The number of carbonyl (C=O) groups excluding carboxylic acids is 1. The van der Waals surface area contributed by atoms with Crippen molar-refractivity contribution in [2.75, 3.05) is 11.1 Å². The van der Waals surface area contributed by atoms with Gasteiger partial charge >= 0.3 is 6.18 Å². The zero-order chi connectivity index (χ0) is 15.6. The van der Waals surface area contributed by atoms with Crippen LogP contribution in [0.1, 0.15) is 15.9 Å². The summed E-state index contributed by atoms with van der Waals surface area (Å²) in [6.45, 7) is 0. The van der Waals surface area contributed by atoms with E-state index in [4.69, 9.17) is 5.73 Å². The first-order chi connectivity index (χ1) is 9.77. The van der Waals surface area contributed by atoms with Crippen LogP contribution in [0.2, 0.25) is 0 Å². The molecule has 0 saturated heterocycles. The van der Waals surface area contributed by atoms with E-state index in [0.29, 0.717) is 17.8 Å². The minimum absolute atomic E-state index is 0.156. The van der Waals surface area contributed by atoms with E-state index in [2.05, 4.69) is 5.32 Å². The van der Waals surface area contributed by atoms with Crippen LogP contribution in [0.15, 0.2) is 42.5 Å². The standard InChI is InChI=1S/C14H10F4N2O/c15-12-5-4-10(7-11(12)14(16,17)18)20-13(21)8-2-1-3-9(19)6-8/h1-7H,19H2,(H,20,21). The van der Waals surface area contributed by atoms with Gasteiger partial charge in [-0.05, 0) is 36.4 Å². The second-order valence-electron chi connectivity index (χ2n) is 4.27. The van der Waals surface area contributed by atoms with Crippen LogP contribution >= 0.6 is 0 Å². The van der Waals surface area contributed by atoms with Gasteiger partial charge in [-0.1, -0.05) is 6.07 Å². The molecule has 0 bridgehead atoms. The van der Waals surface area contributed by atoms with E-state index in [1.165, 1.54) is 18.2 Å². The molecule has 0 aliphatic carbocycles. The van der Waals surface area contributed by atoms with Gasteiger partial charge in [0, 0.05) is 16.9 Å². The predicted octanol–water partition coefficient (Wildman–Crippen LogP) is 3.68. The Morgan fingerprint density at radius 3 is 2.43 bits per heavy atom. The molecule has 0 heterocycles. The van der Waals surface area contributed by atoms with E-state index in [0.717, 1.165) is 6.07 Å². The van der Waals surface area contributed by atoms with Crippen LogP contribution in [0, 0.1) is 5.82 Å². The number of carbonyl (C=O) groups is 1. The molecule has 0 atom stereocenters. The second-order valence-corrected chi connectivity index (χ2v) is 4.27. The molecule has 21 heavy (non-hydrogen) atoms. The van der Waals surface area contributed by atoms with Gasteiger partial charge in [-0.3, -0.25) is 4.79 Å². The molecule has 0 unspecified atom stereocenters. The molecule has 3 N–H and O–H groups in total. The van der Waals surface area contributed by atoms with Gasteiger partial charge in [-0.2, -0.15) is 13.2 Å². The van der Waals surface area contributed by atoms with Crippen LogP contribution in [0.4, 0.5) is 28.9 Å². The van der Waals surface area contributed by atoms with Crippen molar-refractivity contribution in [3.8, 4) is 0 Å². The first kappa shape index (κ1) is 14.8. The van der Waals surface area contributed by atoms with E-state index in [1.807, 2.05) is 0 Å². The van der Waals surface area contributed by atoms with Crippen molar-refractivity contribution in [1.82, 2.24) is 0 Å². The number of alkyl halides is 3. The third-order valence-corrected chi connectivity index (χ3v) is 2.68. The third-order valence-electron chi connectivity index (χ3n) is 2.68. The number of halogens is 4. The number of nitrogens with two attached hydrogens (primary N) is 1. The van der Waals surface area contributed by atoms with Gasteiger partial charge in [0.15, 0.2) is 0 Å². The molecule has 2 rings (SSSR count). The van der Waals surface area contributed by atoms with Crippen LogP contribution < -0.4 is 11.1 Å². The molecule has 0 fully saturated rings. The SMILES string of the molecule is Nc1cccc(C(=O)Nc2ccc(F)c(C(F)(F)F)c2)c1. The Morgan fingerprint density at radius 1 is 1.10 bits per heavy atom. The third kappa shape index (κ3) is 3.50.